The summed E-state index contributed by atoms with van der Waals surface area (Å²) in [6.45, 7) is 0. The van der Waals surface area contributed by atoms with Crippen molar-refractivity contribution >= 4 is 45.6 Å². The van der Waals surface area contributed by atoms with Crippen molar-refractivity contribution in [3.8, 4) is 0 Å². The van der Waals surface area contributed by atoms with Gasteiger partial charge in [-0.15, -0.1) is 10.2 Å². The molecule has 1 amide bonds. The summed E-state index contributed by atoms with van der Waals surface area (Å²) < 4.78 is 0. The predicted molar refractivity (Wildman–Crippen MR) is 90.2 cm³/mol. The fraction of sp³-hybridized carbons (Fsp3) is 0.400. The number of hydrogen-bond donors (Lipinski definition) is 1. The lowest BCUT2D eigenvalue weighted by molar-refractivity contribution is 0.102. The van der Waals surface area contributed by atoms with Gasteiger partial charge in [-0.05, 0) is 25.0 Å². The number of halogens is 2. The van der Waals surface area contributed by atoms with Gasteiger partial charge < -0.3 is 0 Å². The molecule has 1 aliphatic carbocycles. The topological polar surface area (TPSA) is 54.9 Å². The van der Waals surface area contributed by atoms with Crippen LogP contribution in [0.4, 0.5) is 5.13 Å². The molecule has 0 aliphatic heterocycles. The number of aromatic nitrogens is 2. The highest BCUT2D eigenvalue weighted by Gasteiger charge is 2.21. The van der Waals surface area contributed by atoms with E-state index in [4.69, 9.17) is 23.2 Å². The molecule has 116 valence electrons. The summed E-state index contributed by atoms with van der Waals surface area (Å²) in [6, 6.07) is 4.97. The van der Waals surface area contributed by atoms with Gasteiger partial charge in [0.2, 0.25) is 5.13 Å². The van der Waals surface area contributed by atoms with Crippen LogP contribution in [0.3, 0.4) is 0 Å². The van der Waals surface area contributed by atoms with Crippen LogP contribution in [-0.2, 0) is 0 Å². The van der Waals surface area contributed by atoms with Crippen LogP contribution >= 0.6 is 34.5 Å². The van der Waals surface area contributed by atoms with Gasteiger partial charge in [-0.2, -0.15) is 0 Å². The quantitative estimate of drug-likeness (QED) is 0.828. The van der Waals surface area contributed by atoms with Gasteiger partial charge in [-0.1, -0.05) is 59.9 Å². The number of benzene rings is 1. The van der Waals surface area contributed by atoms with Crippen molar-refractivity contribution in [2.45, 2.75) is 38.0 Å². The zero-order chi connectivity index (χ0) is 15.5. The SMILES string of the molecule is O=C(Nc1nnc(C2CCCCC2)s1)c1cccc(Cl)c1Cl. The van der Waals surface area contributed by atoms with Crippen molar-refractivity contribution in [1.82, 2.24) is 10.2 Å². The molecule has 1 saturated carbocycles. The zero-order valence-corrected chi connectivity index (χ0v) is 14.1. The van der Waals surface area contributed by atoms with E-state index in [9.17, 15) is 4.79 Å². The zero-order valence-electron chi connectivity index (χ0n) is 11.8. The van der Waals surface area contributed by atoms with Crippen LogP contribution in [0, 0.1) is 0 Å². The molecule has 4 nitrogen and oxygen atoms in total. The van der Waals surface area contributed by atoms with Crippen LogP contribution in [0.5, 0.6) is 0 Å². The second-order valence-corrected chi connectivity index (χ2v) is 7.13. The Morgan fingerprint density at radius 2 is 1.95 bits per heavy atom. The van der Waals surface area contributed by atoms with Crippen molar-refractivity contribution in [3.05, 3.63) is 38.8 Å². The first-order valence-corrected chi connectivity index (χ1v) is 8.81. The Bertz CT molecular complexity index is 683. The minimum absolute atomic E-state index is 0.249. The summed E-state index contributed by atoms with van der Waals surface area (Å²) in [7, 11) is 0. The standard InChI is InChI=1S/C15H15Cl2N3OS/c16-11-8-4-7-10(12(11)17)13(21)18-15-20-19-14(22-15)9-5-2-1-3-6-9/h4,7-9H,1-3,5-6H2,(H,18,20,21). The Kier molecular flexibility index (Phi) is 4.96. The number of nitrogens with zero attached hydrogens (tertiary/aromatic N) is 2. The normalized spacial score (nSPS) is 15.7. The van der Waals surface area contributed by atoms with Crippen LogP contribution in [0.25, 0.3) is 0 Å². The third kappa shape index (κ3) is 3.42. The van der Waals surface area contributed by atoms with Gasteiger partial charge in [0.15, 0.2) is 0 Å². The molecule has 22 heavy (non-hydrogen) atoms. The summed E-state index contributed by atoms with van der Waals surface area (Å²) in [6.07, 6.45) is 6.09. The second kappa shape index (κ2) is 6.94. The van der Waals surface area contributed by atoms with E-state index < -0.39 is 0 Å². The van der Waals surface area contributed by atoms with E-state index in [1.165, 1.54) is 30.6 Å². The molecule has 7 heteroatoms. The maximum atomic E-state index is 12.3. The minimum Gasteiger partial charge on any atom is -0.296 e. The van der Waals surface area contributed by atoms with E-state index in [2.05, 4.69) is 15.5 Å². The smallest absolute Gasteiger partial charge is 0.259 e. The highest BCUT2D eigenvalue weighted by atomic mass is 35.5. The summed E-state index contributed by atoms with van der Waals surface area (Å²) in [5, 5.41) is 13.2. The van der Waals surface area contributed by atoms with Crippen molar-refractivity contribution < 1.29 is 4.79 Å². The van der Waals surface area contributed by atoms with E-state index in [0.717, 1.165) is 17.8 Å². The van der Waals surface area contributed by atoms with Crippen molar-refractivity contribution in [1.29, 1.82) is 0 Å². The molecule has 0 radical (unpaired) electrons. The molecular weight excluding hydrogens is 341 g/mol. The van der Waals surface area contributed by atoms with E-state index in [1.807, 2.05) is 0 Å². The molecule has 2 aromatic rings. The molecule has 1 N–H and O–H groups in total. The van der Waals surface area contributed by atoms with Crippen molar-refractivity contribution in [3.63, 3.8) is 0 Å². The molecule has 1 fully saturated rings. The Morgan fingerprint density at radius 3 is 2.73 bits per heavy atom. The molecular formula is C15H15Cl2N3OS. The monoisotopic (exact) mass is 355 g/mol. The van der Waals surface area contributed by atoms with Gasteiger partial charge in [0.25, 0.3) is 5.91 Å². The Hall–Kier alpha value is -1.17. The van der Waals surface area contributed by atoms with E-state index in [1.54, 1.807) is 18.2 Å². The van der Waals surface area contributed by atoms with Gasteiger partial charge in [-0.3, -0.25) is 10.1 Å². The first-order chi connectivity index (χ1) is 10.6. The van der Waals surface area contributed by atoms with Gasteiger partial charge in [0.1, 0.15) is 5.01 Å². The molecule has 0 atom stereocenters. The van der Waals surface area contributed by atoms with Crippen molar-refractivity contribution in [2.24, 2.45) is 0 Å². The minimum atomic E-state index is -0.321. The number of anilines is 1. The Morgan fingerprint density at radius 1 is 1.18 bits per heavy atom. The lowest BCUT2D eigenvalue weighted by Gasteiger charge is -2.18. The average molecular weight is 356 g/mol. The Labute approximate surface area is 142 Å². The highest BCUT2D eigenvalue weighted by Crippen LogP contribution is 2.35. The lowest BCUT2D eigenvalue weighted by Crippen LogP contribution is -2.12. The second-order valence-electron chi connectivity index (χ2n) is 5.34. The maximum absolute atomic E-state index is 12.3. The third-order valence-electron chi connectivity index (χ3n) is 3.81. The molecule has 0 saturated heterocycles. The van der Waals surface area contributed by atoms with Gasteiger partial charge in [0, 0.05) is 5.92 Å². The molecule has 3 rings (SSSR count). The first kappa shape index (κ1) is 15.7. The molecule has 0 bridgehead atoms. The number of nitrogens with one attached hydrogen (secondary N) is 1. The highest BCUT2D eigenvalue weighted by molar-refractivity contribution is 7.15. The van der Waals surface area contributed by atoms with Gasteiger partial charge in [-0.25, -0.2) is 0 Å². The number of rotatable bonds is 3. The summed E-state index contributed by atoms with van der Waals surface area (Å²) in [5.74, 6) is 0.158. The third-order valence-corrected chi connectivity index (χ3v) is 5.63. The summed E-state index contributed by atoms with van der Waals surface area (Å²) in [4.78, 5) is 12.3. The first-order valence-electron chi connectivity index (χ1n) is 7.24. The lowest BCUT2D eigenvalue weighted by atomic mass is 9.90. The molecule has 0 unspecified atom stereocenters. The number of carbonyl (C=O) groups excluding carboxylic acids is 1. The van der Waals surface area contributed by atoms with Crippen LogP contribution in [0.15, 0.2) is 18.2 Å². The van der Waals surface area contributed by atoms with Gasteiger partial charge in [0.05, 0.1) is 15.6 Å². The van der Waals surface area contributed by atoms with E-state index in [-0.39, 0.29) is 10.9 Å². The molecule has 0 spiro atoms. The summed E-state index contributed by atoms with van der Waals surface area (Å²) >= 11 is 13.4. The van der Waals surface area contributed by atoms with Crippen LogP contribution < -0.4 is 5.32 Å². The molecule has 1 aliphatic rings. The fourth-order valence-corrected chi connectivity index (χ4v) is 3.94. The average Bonchev–Trinajstić information content (AvgIpc) is 2.99. The predicted octanol–water partition coefficient (Wildman–Crippen LogP) is 5.14. The van der Waals surface area contributed by atoms with Crippen LogP contribution in [0.2, 0.25) is 10.0 Å². The number of carbonyl (C=O) groups is 1. The number of amides is 1. The van der Waals surface area contributed by atoms with Crippen LogP contribution in [0.1, 0.15) is 53.4 Å². The van der Waals surface area contributed by atoms with E-state index in [0.29, 0.717) is 21.6 Å². The van der Waals surface area contributed by atoms with E-state index >= 15 is 0 Å². The molecule has 1 heterocycles. The molecule has 1 aromatic heterocycles. The van der Waals surface area contributed by atoms with Gasteiger partial charge >= 0.3 is 0 Å². The van der Waals surface area contributed by atoms with Crippen LogP contribution in [-0.4, -0.2) is 16.1 Å². The number of hydrogen-bond acceptors (Lipinski definition) is 4. The van der Waals surface area contributed by atoms with Crippen molar-refractivity contribution in [2.75, 3.05) is 5.32 Å². The maximum Gasteiger partial charge on any atom is 0.259 e. The molecule has 1 aromatic carbocycles. The largest absolute Gasteiger partial charge is 0.296 e. The fourth-order valence-electron chi connectivity index (χ4n) is 2.64. The summed E-state index contributed by atoms with van der Waals surface area (Å²) in [5.41, 5.74) is 0.337. The Balaban J connectivity index is 1.72.